The number of rotatable bonds is 1. The van der Waals surface area contributed by atoms with Crippen LogP contribution in [0.25, 0.3) is 10.1 Å². The Labute approximate surface area is 82.7 Å². The van der Waals surface area contributed by atoms with Gasteiger partial charge in [0.2, 0.25) is 0 Å². The third-order valence-corrected chi connectivity index (χ3v) is 3.16. The quantitative estimate of drug-likeness (QED) is 0.665. The molecule has 0 unspecified atom stereocenters. The van der Waals surface area contributed by atoms with Crippen molar-refractivity contribution in [3.8, 4) is 0 Å². The van der Waals surface area contributed by atoms with Gasteiger partial charge in [-0.25, -0.2) is 4.39 Å². The van der Waals surface area contributed by atoms with Gasteiger partial charge in [0.15, 0.2) is 5.82 Å². The van der Waals surface area contributed by atoms with E-state index in [9.17, 15) is 9.18 Å². The molecule has 0 bridgehead atoms. The van der Waals surface area contributed by atoms with Crippen LogP contribution in [0.4, 0.5) is 4.39 Å². The highest BCUT2D eigenvalue weighted by Crippen LogP contribution is 2.30. The maximum atomic E-state index is 13.4. The van der Waals surface area contributed by atoms with Gasteiger partial charge in [0.1, 0.15) is 4.88 Å². The summed E-state index contributed by atoms with van der Waals surface area (Å²) in [6, 6.07) is 6.90. The summed E-state index contributed by atoms with van der Waals surface area (Å²) < 4.78 is 14.1. The molecule has 13 heavy (non-hydrogen) atoms. The summed E-state index contributed by atoms with van der Waals surface area (Å²) >= 11 is 6.29. The molecule has 1 aromatic heterocycles. The first kappa shape index (κ1) is 8.66. The van der Waals surface area contributed by atoms with Crippen molar-refractivity contribution in [2.24, 2.45) is 0 Å². The van der Waals surface area contributed by atoms with Gasteiger partial charge in [0.25, 0.3) is 5.24 Å². The van der Waals surface area contributed by atoms with Crippen LogP contribution in [0.1, 0.15) is 9.67 Å². The first-order valence-corrected chi connectivity index (χ1v) is 4.76. The SMILES string of the molecule is O=C(Cl)c1sc2ccccc2c1F. The third-order valence-electron chi connectivity index (χ3n) is 1.71. The number of hydrogen-bond acceptors (Lipinski definition) is 2. The average molecular weight is 215 g/mol. The molecule has 1 nitrogen and oxygen atoms in total. The normalized spacial score (nSPS) is 10.6. The fourth-order valence-corrected chi connectivity index (χ4v) is 2.25. The second kappa shape index (κ2) is 3.09. The van der Waals surface area contributed by atoms with Crippen molar-refractivity contribution in [1.82, 2.24) is 0 Å². The molecule has 0 spiro atoms. The maximum absolute atomic E-state index is 13.4. The molecule has 2 rings (SSSR count). The van der Waals surface area contributed by atoms with Gasteiger partial charge < -0.3 is 0 Å². The molecule has 0 N–H and O–H groups in total. The van der Waals surface area contributed by atoms with Gasteiger partial charge in [0.05, 0.1) is 0 Å². The van der Waals surface area contributed by atoms with E-state index in [-0.39, 0.29) is 4.88 Å². The molecule has 0 saturated heterocycles. The molecule has 0 aliphatic rings. The fourth-order valence-electron chi connectivity index (χ4n) is 1.14. The lowest BCUT2D eigenvalue weighted by Gasteiger charge is -1.86. The van der Waals surface area contributed by atoms with E-state index in [0.29, 0.717) is 5.39 Å². The van der Waals surface area contributed by atoms with Crippen molar-refractivity contribution in [3.05, 3.63) is 35.0 Å². The number of hydrogen-bond donors (Lipinski definition) is 0. The Morgan fingerprint density at radius 2 is 2.08 bits per heavy atom. The number of thiophene rings is 1. The zero-order valence-corrected chi connectivity index (χ0v) is 7.95. The molecule has 0 aliphatic carbocycles. The van der Waals surface area contributed by atoms with Crippen LogP contribution < -0.4 is 0 Å². The van der Waals surface area contributed by atoms with Gasteiger partial charge in [-0.15, -0.1) is 11.3 Å². The minimum atomic E-state index is -0.737. The van der Waals surface area contributed by atoms with E-state index in [1.54, 1.807) is 24.3 Å². The van der Waals surface area contributed by atoms with Crippen LogP contribution in [0.3, 0.4) is 0 Å². The van der Waals surface area contributed by atoms with Crippen molar-refractivity contribution in [2.75, 3.05) is 0 Å². The summed E-state index contributed by atoms with van der Waals surface area (Å²) in [5.41, 5.74) is 0. The summed E-state index contributed by atoms with van der Waals surface area (Å²) in [6.45, 7) is 0. The van der Waals surface area contributed by atoms with Crippen LogP contribution in [0.2, 0.25) is 0 Å². The standard InChI is InChI=1S/C9H4ClFOS/c10-9(12)8-7(11)5-3-1-2-4-6(5)13-8/h1-4H. The molecular weight excluding hydrogens is 211 g/mol. The molecule has 0 saturated carbocycles. The third kappa shape index (κ3) is 1.34. The van der Waals surface area contributed by atoms with Gasteiger partial charge in [-0.1, -0.05) is 18.2 Å². The number of fused-ring (bicyclic) bond motifs is 1. The lowest BCUT2D eigenvalue weighted by molar-refractivity contribution is 0.108. The molecule has 0 atom stereocenters. The minimum absolute atomic E-state index is 0.0112. The summed E-state index contributed by atoms with van der Waals surface area (Å²) in [5, 5.41) is -0.282. The second-order valence-corrected chi connectivity index (χ2v) is 3.91. The summed E-state index contributed by atoms with van der Waals surface area (Å²) in [6.07, 6.45) is 0. The topological polar surface area (TPSA) is 17.1 Å². The fraction of sp³-hybridized carbons (Fsp3) is 0. The largest absolute Gasteiger partial charge is 0.275 e. The lowest BCUT2D eigenvalue weighted by Crippen LogP contribution is -1.85. The van der Waals surface area contributed by atoms with E-state index >= 15 is 0 Å². The highest BCUT2D eigenvalue weighted by Gasteiger charge is 2.15. The van der Waals surface area contributed by atoms with Gasteiger partial charge in [-0.2, -0.15) is 0 Å². The van der Waals surface area contributed by atoms with Crippen LogP contribution in [-0.2, 0) is 0 Å². The van der Waals surface area contributed by atoms with Crippen LogP contribution in [0.15, 0.2) is 24.3 Å². The number of carbonyl (C=O) groups excluding carboxylic acids is 1. The first-order valence-electron chi connectivity index (χ1n) is 3.57. The Hall–Kier alpha value is -0.930. The second-order valence-electron chi connectivity index (χ2n) is 2.52. The van der Waals surface area contributed by atoms with Gasteiger partial charge in [0, 0.05) is 10.1 Å². The Balaban J connectivity index is 2.81. The first-order chi connectivity index (χ1) is 6.20. The van der Waals surface area contributed by atoms with Gasteiger partial charge >= 0.3 is 0 Å². The van der Waals surface area contributed by atoms with E-state index < -0.39 is 11.1 Å². The highest BCUT2D eigenvalue weighted by molar-refractivity contribution is 7.22. The molecule has 66 valence electrons. The van der Waals surface area contributed by atoms with Crippen LogP contribution in [0.5, 0.6) is 0 Å². The molecule has 1 aromatic carbocycles. The molecule has 0 amide bonds. The number of carbonyl (C=O) groups is 1. The summed E-state index contributed by atoms with van der Waals surface area (Å²) in [4.78, 5) is 10.8. The Kier molecular flexibility index (Phi) is 2.06. The van der Waals surface area contributed by atoms with E-state index in [2.05, 4.69) is 0 Å². The molecular formula is C9H4ClFOS. The minimum Gasteiger partial charge on any atom is -0.275 e. The van der Waals surface area contributed by atoms with E-state index in [1.165, 1.54) is 0 Å². The number of halogens is 2. The monoisotopic (exact) mass is 214 g/mol. The average Bonchev–Trinajstić information content (AvgIpc) is 2.45. The zero-order chi connectivity index (χ0) is 9.42. The molecule has 0 radical (unpaired) electrons. The Morgan fingerprint density at radius 3 is 2.69 bits per heavy atom. The summed E-state index contributed by atoms with van der Waals surface area (Å²) in [5.74, 6) is -0.513. The number of benzene rings is 1. The van der Waals surface area contributed by atoms with Crippen LogP contribution in [0, 0.1) is 5.82 Å². The van der Waals surface area contributed by atoms with Crippen molar-refractivity contribution in [2.45, 2.75) is 0 Å². The van der Waals surface area contributed by atoms with Crippen LogP contribution >= 0.6 is 22.9 Å². The Morgan fingerprint density at radius 1 is 1.38 bits per heavy atom. The smallest absolute Gasteiger partial charge is 0.265 e. The van der Waals surface area contributed by atoms with Crippen molar-refractivity contribution in [1.29, 1.82) is 0 Å². The van der Waals surface area contributed by atoms with Crippen LogP contribution in [-0.4, -0.2) is 5.24 Å². The maximum Gasteiger partial charge on any atom is 0.265 e. The predicted molar refractivity (Wildman–Crippen MR) is 52.0 cm³/mol. The molecule has 0 aliphatic heterocycles. The van der Waals surface area contributed by atoms with Crippen molar-refractivity contribution >= 4 is 38.3 Å². The highest BCUT2D eigenvalue weighted by atomic mass is 35.5. The van der Waals surface area contributed by atoms with E-state index in [4.69, 9.17) is 11.6 Å². The van der Waals surface area contributed by atoms with Crippen molar-refractivity contribution < 1.29 is 9.18 Å². The van der Waals surface area contributed by atoms with Crippen molar-refractivity contribution in [3.63, 3.8) is 0 Å². The summed E-state index contributed by atoms with van der Waals surface area (Å²) in [7, 11) is 0. The van der Waals surface area contributed by atoms with Gasteiger partial charge in [-0.05, 0) is 17.7 Å². The predicted octanol–water partition coefficient (Wildman–Crippen LogP) is 3.42. The molecule has 1 heterocycles. The van der Waals surface area contributed by atoms with E-state index in [0.717, 1.165) is 16.0 Å². The van der Waals surface area contributed by atoms with E-state index in [1.807, 2.05) is 0 Å². The van der Waals surface area contributed by atoms with Gasteiger partial charge in [-0.3, -0.25) is 4.79 Å². The zero-order valence-electron chi connectivity index (χ0n) is 6.38. The Bertz CT molecular complexity index is 477. The molecule has 2 aromatic rings. The molecule has 0 fully saturated rings. The molecule has 4 heteroatoms. The lowest BCUT2D eigenvalue weighted by atomic mass is 10.2.